The molecular formula is C38H54N2O8. The monoisotopic (exact) mass is 666 g/mol. The summed E-state index contributed by atoms with van der Waals surface area (Å²) in [5.74, 6) is -1.23. The fraction of sp³-hybridized carbons (Fsp3) is 0.632. The molecule has 0 spiro atoms. The molecule has 2 heterocycles. The van der Waals surface area contributed by atoms with Crippen LogP contribution in [-0.4, -0.2) is 73.7 Å². The van der Waals surface area contributed by atoms with Crippen LogP contribution in [0.5, 0.6) is 0 Å². The van der Waals surface area contributed by atoms with Gasteiger partial charge in [0.15, 0.2) is 5.76 Å². The molecule has 1 aliphatic heterocycles. The highest BCUT2D eigenvalue weighted by Crippen LogP contribution is 2.49. The van der Waals surface area contributed by atoms with E-state index in [9.17, 15) is 19.2 Å². The van der Waals surface area contributed by atoms with Crippen molar-refractivity contribution in [1.29, 1.82) is 0 Å². The Balaban J connectivity index is 1.47. The molecule has 1 saturated heterocycles. The first kappa shape index (κ1) is 37.2. The summed E-state index contributed by atoms with van der Waals surface area (Å²) < 4.78 is 22.3. The Labute approximate surface area is 285 Å². The van der Waals surface area contributed by atoms with Crippen LogP contribution in [0.4, 0.5) is 5.69 Å². The topological polar surface area (TPSA) is 116 Å². The van der Waals surface area contributed by atoms with Gasteiger partial charge < -0.3 is 28.4 Å². The van der Waals surface area contributed by atoms with Crippen LogP contribution in [-0.2, 0) is 28.6 Å². The van der Waals surface area contributed by atoms with E-state index in [0.717, 1.165) is 75.8 Å². The number of carbonyl (C=O) groups is 4. The molecule has 2 aromatic rings. The number of rotatable bonds is 15. The fourth-order valence-electron chi connectivity index (χ4n) is 7.76. The van der Waals surface area contributed by atoms with Crippen molar-refractivity contribution < 1.29 is 37.8 Å². The molecule has 2 fully saturated rings. The van der Waals surface area contributed by atoms with Crippen molar-refractivity contribution in [3.05, 3.63) is 54.0 Å². The van der Waals surface area contributed by atoms with Gasteiger partial charge in [-0.25, -0.2) is 0 Å². The number of esters is 3. The van der Waals surface area contributed by atoms with Gasteiger partial charge in [-0.15, -0.1) is 0 Å². The summed E-state index contributed by atoms with van der Waals surface area (Å²) >= 11 is 0. The number of amides is 1. The third-order valence-electron chi connectivity index (χ3n) is 10.5. The van der Waals surface area contributed by atoms with E-state index in [2.05, 4.69) is 11.8 Å². The summed E-state index contributed by atoms with van der Waals surface area (Å²) in [6.07, 6.45) is 9.59. The van der Waals surface area contributed by atoms with Crippen molar-refractivity contribution in [2.45, 2.75) is 105 Å². The summed E-state index contributed by atoms with van der Waals surface area (Å²) in [4.78, 5) is 53.8. The maximum Gasteiger partial charge on any atom is 0.302 e. The highest BCUT2D eigenvalue weighted by Gasteiger charge is 2.45. The Bertz CT molecular complexity index is 1330. The fourth-order valence-corrected chi connectivity index (χ4v) is 7.76. The number of benzene rings is 1. The maximum absolute atomic E-state index is 13.6. The lowest BCUT2D eigenvalue weighted by Crippen LogP contribution is -2.49. The number of hydrogen-bond donors (Lipinski definition) is 0. The van der Waals surface area contributed by atoms with E-state index in [1.165, 1.54) is 33.5 Å². The molecule has 1 aromatic heterocycles. The van der Waals surface area contributed by atoms with E-state index in [1.54, 1.807) is 12.1 Å². The SMILES string of the molecule is CC(=O)OCCC(COC(C)=O)C(OC(C)=O)C(C)C1(CCN2CCC(N(C(=O)c3ccco3)c3ccc(C)cc3)CC2)CCCCC1. The number of hydrogen-bond acceptors (Lipinski definition) is 9. The number of anilines is 1. The quantitative estimate of drug-likeness (QED) is 0.151. The minimum atomic E-state index is -0.489. The van der Waals surface area contributed by atoms with Gasteiger partial charge in [-0.3, -0.25) is 19.2 Å². The van der Waals surface area contributed by atoms with Gasteiger partial charge in [0.25, 0.3) is 5.91 Å². The second-order valence-corrected chi connectivity index (χ2v) is 13.8. The Morgan fingerprint density at radius 3 is 2.19 bits per heavy atom. The molecule has 1 amide bonds. The van der Waals surface area contributed by atoms with E-state index in [0.29, 0.717) is 12.2 Å². The number of piperidine rings is 1. The first-order chi connectivity index (χ1) is 23.0. The second-order valence-electron chi connectivity index (χ2n) is 13.8. The van der Waals surface area contributed by atoms with Crippen LogP contribution in [0.15, 0.2) is 47.1 Å². The molecule has 264 valence electrons. The van der Waals surface area contributed by atoms with E-state index < -0.39 is 12.1 Å². The number of likely N-dealkylation sites (tertiary alicyclic amines) is 1. The molecule has 0 radical (unpaired) electrons. The lowest BCUT2D eigenvalue weighted by atomic mass is 9.61. The Morgan fingerprint density at radius 2 is 1.60 bits per heavy atom. The molecule has 10 nitrogen and oxygen atoms in total. The lowest BCUT2D eigenvalue weighted by molar-refractivity contribution is -0.164. The molecular weight excluding hydrogens is 612 g/mol. The molecule has 48 heavy (non-hydrogen) atoms. The van der Waals surface area contributed by atoms with Crippen LogP contribution < -0.4 is 4.90 Å². The summed E-state index contributed by atoms with van der Waals surface area (Å²) in [7, 11) is 0. The van der Waals surface area contributed by atoms with Gasteiger partial charge in [-0.1, -0.05) is 43.9 Å². The van der Waals surface area contributed by atoms with E-state index in [1.807, 2.05) is 36.1 Å². The van der Waals surface area contributed by atoms with Crippen molar-refractivity contribution in [3.63, 3.8) is 0 Å². The molecule has 10 heteroatoms. The second kappa shape index (κ2) is 17.7. The summed E-state index contributed by atoms with van der Waals surface area (Å²) in [6, 6.07) is 11.6. The average Bonchev–Trinajstić information content (AvgIpc) is 3.61. The molecule has 3 unspecified atom stereocenters. The largest absolute Gasteiger partial charge is 0.466 e. The molecule has 3 atom stereocenters. The zero-order chi connectivity index (χ0) is 34.7. The predicted molar refractivity (Wildman–Crippen MR) is 182 cm³/mol. The highest BCUT2D eigenvalue weighted by atomic mass is 16.6. The lowest BCUT2D eigenvalue weighted by Gasteiger charge is -2.48. The smallest absolute Gasteiger partial charge is 0.302 e. The van der Waals surface area contributed by atoms with E-state index >= 15 is 0 Å². The van der Waals surface area contributed by atoms with Crippen molar-refractivity contribution in [2.24, 2.45) is 17.3 Å². The van der Waals surface area contributed by atoms with Crippen LogP contribution >= 0.6 is 0 Å². The molecule has 2 aliphatic rings. The number of carbonyl (C=O) groups excluding carboxylic acids is 4. The zero-order valence-corrected chi connectivity index (χ0v) is 29.4. The zero-order valence-electron chi connectivity index (χ0n) is 29.4. The normalized spacial score (nSPS) is 18.7. The first-order valence-corrected chi connectivity index (χ1v) is 17.6. The maximum atomic E-state index is 13.6. The molecule has 4 rings (SSSR count). The van der Waals surface area contributed by atoms with Crippen molar-refractivity contribution in [2.75, 3.05) is 37.7 Å². The van der Waals surface area contributed by atoms with Gasteiger partial charge in [0.1, 0.15) is 6.10 Å². The van der Waals surface area contributed by atoms with Crippen LogP contribution in [0.25, 0.3) is 0 Å². The van der Waals surface area contributed by atoms with Gasteiger partial charge >= 0.3 is 17.9 Å². The van der Waals surface area contributed by atoms with Crippen molar-refractivity contribution in [1.82, 2.24) is 4.90 Å². The Kier molecular flexibility index (Phi) is 13.7. The van der Waals surface area contributed by atoms with Crippen LogP contribution in [0.3, 0.4) is 0 Å². The van der Waals surface area contributed by atoms with Gasteiger partial charge in [-0.2, -0.15) is 0 Å². The minimum absolute atomic E-state index is 0.0000662. The molecule has 1 aliphatic carbocycles. The number of aryl methyl sites for hydroxylation is 1. The van der Waals surface area contributed by atoms with Gasteiger partial charge in [-0.05, 0) is 87.6 Å². The van der Waals surface area contributed by atoms with E-state index in [4.69, 9.17) is 18.6 Å². The Morgan fingerprint density at radius 1 is 0.938 bits per heavy atom. The number of ether oxygens (including phenoxy) is 3. The van der Waals surface area contributed by atoms with Gasteiger partial charge in [0.05, 0.1) is 19.5 Å². The van der Waals surface area contributed by atoms with Gasteiger partial charge in [0.2, 0.25) is 0 Å². The van der Waals surface area contributed by atoms with Gasteiger partial charge in [0, 0.05) is 51.5 Å². The van der Waals surface area contributed by atoms with Crippen LogP contribution in [0.1, 0.15) is 102 Å². The standard InChI is InChI=1S/C38H54N2O8/c1-27-11-13-33(14-12-27)40(37(44)35-10-9-24-46-35)34-15-21-39(22-16-34)23-20-38(18-7-6-8-19-38)28(2)36(48-31(5)43)32(26-47-30(4)42)17-25-45-29(3)41/h9-14,24,28,32,34,36H,6-8,15-23,25-26H2,1-5H3. The van der Waals surface area contributed by atoms with Crippen LogP contribution in [0.2, 0.25) is 0 Å². The molecule has 0 bridgehead atoms. The van der Waals surface area contributed by atoms with Crippen LogP contribution in [0, 0.1) is 24.2 Å². The van der Waals surface area contributed by atoms with Crippen molar-refractivity contribution >= 4 is 29.5 Å². The molecule has 1 aromatic carbocycles. The Hall–Kier alpha value is -3.66. The summed E-state index contributed by atoms with van der Waals surface area (Å²) in [5, 5.41) is 0. The van der Waals surface area contributed by atoms with E-state index in [-0.39, 0.29) is 54.4 Å². The molecule has 0 N–H and O–H groups in total. The summed E-state index contributed by atoms with van der Waals surface area (Å²) in [5.41, 5.74) is 1.96. The third kappa shape index (κ3) is 10.2. The minimum Gasteiger partial charge on any atom is -0.466 e. The first-order valence-electron chi connectivity index (χ1n) is 17.6. The predicted octanol–water partition coefficient (Wildman–Crippen LogP) is 6.74. The summed E-state index contributed by atoms with van der Waals surface area (Å²) in [6.45, 7) is 11.3. The number of nitrogens with zero attached hydrogens (tertiary/aromatic N) is 2. The highest BCUT2D eigenvalue weighted by molar-refractivity contribution is 6.04. The average molecular weight is 667 g/mol. The van der Waals surface area contributed by atoms with Crippen molar-refractivity contribution in [3.8, 4) is 0 Å². The third-order valence-corrected chi connectivity index (χ3v) is 10.5. The number of furan rings is 1. The molecule has 1 saturated carbocycles.